The van der Waals surface area contributed by atoms with Gasteiger partial charge in [0, 0.05) is 18.7 Å². The third-order valence-corrected chi connectivity index (χ3v) is 3.52. The summed E-state index contributed by atoms with van der Waals surface area (Å²) >= 11 is 5.37. The highest BCUT2D eigenvalue weighted by molar-refractivity contribution is 7.80. The molecule has 0 radical (unpaired) electrons. The molecule has 0 aromatic heterocycles. The third kappa shape index (κ3) is 3.51. The summed E-state index contributed by atoms with van der Waals surface area (Å²) in [5.41, 5.74) is 2.44. The van der Waals surface area contributed by atoms with Crippen LogP contribution in [0.15, 0.2) is 24.3 Å². The van der Waals surface area contributed by atoms with Crippen LogP contribution in [0.3, 0.4) is 0 Å². The van der Waals surface area contributed by atoms with E-state index in [0.717, 1.165) is 36.5 Å². The predicted molar refractivity (Wildman–Crippen MR) is 74.5 cm³/mol. The van der Waals surface area contributed by atoms with Gasteiger partial charge >= 0.3 is 0 Å². The van der Waals surface area contributed by atoms with Gasteiger partial charge in [-0.3, -0.25) is 0 Å². The van der Waals surface area contributed by atoms with Crippen molar-refractivity contribution in [1.82, 2.24) is 5.32 Å². The van der Waals surface area contributed by atoms with Crippen molar-refractivity contribution in [3.8, 4) is 0 Å². The van der Waals surface area contributed by atoms with Crippen LogP contribution < -0.4 is 5.32 Å². The Morgan fingerprint density at radius 1 is 1.41 bits per heavy atom. The number of rotatable bonds is 4. The standard InChI is InChI=1S/C14H19NOS/c1-2-11-5-7-12(8-6-11)14(17)15-10-13-4-3-9-16-13/h5-8,13H,2-4,9-10H2,1H3,(H,15,17)/t13-/m0/s1. The molecule has 0 amide bonds. The first-order chi connectivity index (χ1) is 8.29. The second kappa shape index (κ2) is 6.12. The van der Waals surface area contributed by atoms with Gasteiger partial charge in [0.15, 0.2) is 0 Å². The lowest BCUT2D eigenvalue weighted by Gasteiger charge is -2.12. The molecule has 2 nitrogen and oxygen atoms in total. The van der Waals surface area contributed by atoms with E-state index in [9.17, 15) is 0 Å². The van der Waals surface area contributed by atoms with Crippen molar-refractivity contribution in [3.63, 3.8) is 0 Å². The third-order valence-electron chi connectivity index (χ3n) is 3.14. The SMILES string of the molecule is CCc1ccc(C(=S)NC[C@@H]2CCCO2)cc1. The van der Waals surface area contributed by atoms with Crippen molar-refractivity contribution < 1.29 is 4.74 Å². The molecule has 1 heterocycles. The molecule has 1 aromatic carbocycles. The molecule has 1 fully saturated rings. The molecule has 0 bridgehead atoms. The maximum Gasteiger partial charge on any atom is 0.106 e. The van der Waals surface area contributed by atoms with E-state index in [1.807, 2.05) is 0 Å². The molecule has 2 rings (SSSR count). The average molecular weight is 249 g/mol. The van der Waals surface area contributed by atoms with Gasteiger partial charge in [-0.1, -0.05) is 43.4 Å². The first kappa shape index (κ1) is 12.5. The van der Waals surface area contributed by atoms with Crippen molar-refractivity contribution in [2.24, 2.45) is 0 Å². The zero-order valence-corrected chi connectivity index (χ0v) is 11.1. The molecular formula is C14H19NOS. The number of aryl methyl sites for hydroxylation is 1. The van der Waals surface area contributed by atoms with Gasteiger partial charge in [-0.25, -0.2) is 0 Å². The smallest absolute Gasteiger partial charge is 0.106 e. The quantitative estimate of drug-likeness (QED) is 0.829. The van der Waals surface area contributed by atoms with Gasteiger partial charge in [0.2, 0.25) is 0 Å². The minimum atomic E-state index is 0.336. The Morgan fingerprint density at radius 2 is 2.18 bits per heavy atom. The van der Waals surface area contributed by atoms with Crippen LogP contribution in [0.4, 0.5) is 0 Å². The van der Waals surface area contributed by atoms with E-state index >= 15 is 0 Å². The Labute approximate surface area is 108 Å². The predicted octanol–water partition coefficient (Wildman–Crippen LogP) is 2.69. The minimum absolute atomic E-state index is 0.336. The van der Waals surface area contributed by atoms with Crippen LogP contribution in [0.2, 0.25) is 0 Å². The van der Waals surface area contributed by atoms with Gasteiger partial charge in [-0.2, -0.15) is 0 Å². The summed E-state index contributed by atoms with van der Waals surface area (Å²) < 4.78 is 5.55. The Balaban J connectivity index is 1.85. The molecule has 0 aliphatic carbocycles. The summed E-state index contributed by atoms with van der Waals surface area (Å²) in [6, 6.07) is 8.44. The summed E-state index contributed by atoms with van der Waals surface area (Å²) in [4.78, 5) is 0.822. The second-order valence-corrected chi connectivity index (χ2v) is 4.80. The fourth-order valence-corrected chi connectivity index (χ4v) is 2.23. The number of nitrogens with one attached hydrogen (secondary N) is 1. The Hall–Kier alpha value is -0.930. The van der Waals surface area contributed by atoms with Gasteiger partial charge in [-0.05, 0) is 24.8 Å². The van der Waals surface area contributed by atoms with Crippen LogP contribution >= 0.6 is 12.2 Å². The van der Waals surface area contributed by atoms with E-state index in [0.29, 0.717) is 6.10 Å². The van der Waals surface area contributed by atoms with E-state index in [2.05, 4.69) is 36.5 Å². The number of benzene rings is 1. The van der Waals surface area contributed by atoms with Crippen LogP contribution in [-0.4, -0.2) is 24.2 Å². The number of ether oxygens (including phenoxy) is 1. The fraction of sp³-hybridized carbons (Fsp3) is 0.500. The van der Waals surface area contributed by atoms with E-state index in [1.165, 1.54) is 12.0 Å². The highest BCUT2D eigenvalue weighted by atomic mass is 32.1. The van der Waals surface area contributed by atoms with Crippen molar-refractivity contribution in [2.45, 2.75) is 32.3 Å². The number of hydrogen-bond acceptors (Lipinski definition) is 2. The molecule has 1 saturated heterocycles. The molecule has 0 unspecified atom stereocenters. The van der Waals surface area contributed by atoms with E-state index in [-0.39, 0.29) is 0 Å². The molecule has 1 aliphatic rings. The van der Waals surface area contributed by atoms with Gasteiger partial charge in [0.1, 0.15) is 4.99 Å². The topological polar surface area (TPSA) is 21.3 Å². The highest BCUT2D eigenvalue weighted by Crippen LogP contribution is 2.11. The monoisotopic (exact) mass is 249 g/mol. The van der Waals surface area contributed by atoms with Crippen molar-refractivity contribution in [3.05, 3.63) is 35.4 Å². The molecular weight excluding hydrogens is 230 g/mol. The van der Waals surface area contributed by atoms with E-state index < -0.39 is 0 Å². The summed E-state index contributed by atoms with van der Waals surface area (Å²) in [5, 5.41) is 3.28. The summed E-state index contributed by atoms with van der Waals surface area (Å²) in [7, 11) is 0. The average Bonchev–Trinajstić information content (AvgIpc) is 2.89. The molecule has 3 heteroatoms. The van der Waals surface area contributed by atoms with Gasteiger partial charge < -0.3 is 10.1 Å². The number of thiocarbonyl (C=S) groups is 1. The molecule has 0 saturated carbocycles. The molecule has 0 spiro atoms. The second-order valence-electron chi connectivity index (χ2n) is 4.40. The molecule has 17 heavy (non-hydrogen) atoms. The van der Waals surface area contributed by atoms with Crippen molar-refractivity contribution >= 4 is 17.2 Å². The lowest BCUT2D eigenvalue weighted by Crippen LogP contribution is -2.31. The van der Waals surface area contributed by atoms with Crippen LogP contribution in [0, 0.1) is 0 Å². The zero-order valence-electron chi connectivity index (χ0n) is 10.2. The van der Waals surface area contributed by atoms with Crippen LogP contribution in [0.5, 0.6) is 0 Å². The normalized spacial score (nSPS) is 19.2. The van der Waals surface area contributed by atoms with Crippen LogP contribution in [0.1, 0.15) is 30.9 Å². The van der Waals surface area contributed by atoms with Gasteiger partial charge in [0.25, 0.3) is 0 Å². The number of hydrogen-bond donors (Lipinski definition) is 1. The van der Waals surface area contributed by atoms with E-state index in [4.69, 9.17) is 17.0 Å². The Bertz CT molecular complexity index is 368. The lowest BCUT2D eigenvalue weighted by molar-refractivity contribution is 0.114. The maximum absolute atomic E-state index is 5.55. The van der Waals surface area contributed by atoms with Gasteiger partial charge in [-0.15, -0.1) is 0 Å². The first-order valence-corrected chi connectivity index (χ1v) is 6.69. The summed E-state index contributed by atoms with van der Waals surface area (Å²) in [6.07, 6.45) is 3.72. The van der Waals surface area contributed by atoms with E-state index in [1.54, 1.807) is 0 Å². The Kier molecular flexibility index (Phi) is 4.51. The molecule has 92 valence electrons. The van der Waals surface area contributed by atoms with Gasteiger partial charge in [0.05, 0.1) is 6.10 Å². The molecule has 1 N–H and O–H groups in total. The Morgan fingerprint density at radius 3 is 2.76 bits per heavy atom. The van der Waals surface area contributed by atoms with Crippen molar-refractivity contribution in [1.29, 1.82) is 0 Å². The highest BCUT2D eigenvalue weighted by Gasteiger charge is 2.15. The zero-order chi connectivity index (χ0) is 12.1. The minimum Gasteiger partial charge on any atom is -0.376 e. The summed E-state index contributed by atoms with van der Waals surface area (Å²) in [5.74, 6) is 0. The maximum atomic E-state index is 5.55. The molecule has 1 aromatic rings. The first-order valence-electron chi connectivity index (χ1n) is 6.28. The fourth-order valence-electron chi connectivity index (χ4n) is 2.01. The van der Waals surface area contributed by atoms with Crippen LogP contribution in [-0.2, 0) is 11.2 Å². The van der Waals surface area contributed by atoms with Crippen LogP contribution in [0.25, 0.3) is 0 Å². The largest absolute Gasteiger partial charge is 0.376 e. The lowest BCUT2D eigenvalue weighted by atomic mass is 10.1. The molecule has 1 aliphatic heterocycles. The summed E-state index contributed by atoms with van der Waals surface area (Å²) in [6.45, 7) is 3.88. The molecule has 1 atom stereocenters. The van der Waals surface area contributed by atoms with Crippen molar-refractivity contribution in [2.75, 3.05) is 13.2 Å².